The van der Waals surface area contributed by atoms with E-state index in [0.29, 0.717) is 11.4 Å². The first kappa shape index (κ1) is 14.0. The van der Waals surface area contributed by atoms with Crippen LogP contribution in [0.15, 0.2) is 42.6 Å². The standard InChI is InChI=1S/C19H21N3O/c1-13-5-8-15(9-6-13)19-16(11-18(23)21(3)4)22-12-14(2)7-10-17(22)20-19/h5-10,12H,11H2,1-4H3/i11D. The Balaban J connectivity index is 2.26. The van der Waals surface area contributed by atoms with Crippen LogP contribution in [0.5, 0.6) is 0 Å². The van der Waals surface area contributed by atoms with E-state index in [-0.39, 0.29) is 5.91 Å². The number of carbonyl (C=O) groups is 1. The minimum Gasteiger partial charge on any atom is -0.348 e. The molecule has 3 rings (SSSR count). The lowest BCUT2D eigenvalue weighted by atomic mass is 10.1. The molecule has 2 heterocycles. The van der Waals surface area contributed by atoms with Crippen LogP contribution >= 0.6 is 0 Å². The highest BCUT2D eigenvalue weighted by atomic mass is 16.2. The molecular weight excluding hydrogens is 286 g/mol. The number of hydrogen-bond donors (Lipinski definition) is 0. The summed E-state index contributed by atoms with van der Waals surface area (Å²) in [5.41, 5.74) is 5.18. The van der Waals surface area contributed by atoms with Crippen LogP contribution in [-0.4, -0.2) is 34.3 Å². The van der Waals surface area contributed by atoms with E-state index >= 15 is 0 Å². The van der Waals surface area contributed by atoms with Gasteiger partial charge in [-0.2, -0.15) is 0 Å². The molecule has 1 atom stereocenters. The average molecular weight is 308 g/mol. The lowest BCUT2D eigenvalue weighted by Gasteiger charge is -2.11. The highest BCUT2D eigenvalue weighted by Gasteiger charge is 2.18. The molecular formula is C19H21N3O. The first-order valence-electron chi connectivity index (χ1n) is 8.15. The molecule has 1 unspecified atom stereocenters. The summed E-state index contributed by atoms with van der Waals surface area (Å²) < 4.78 is 10.4. The highest BCUT2D eigenvalue weighted by molar-refractivity contribution is 5.81. The first-order valence-corrected chi connectivity index (χ1v) is 7.57. The SMILES string of the molecule is [2H]C(C(=O)N(C)C)c1c(-c2ccc(C)cc2)nc2ccc(C)cn12. The van der Waals surface area contributed by atoms with Crippen LogP contribution in [0, 0.1) is 13.8 Å². The van der Waals surface area contributed by atoms with E-state index in [1.54, 1.807) is 14.1 Å². The number of imidazole rings is 1. The Bertz CT molecular complexity index is 897. The smallest absolute Gasteiger partial charge is 0.228 e. The van der Waals surface area contributed by atoms with Crippen LogP contribution in [0.3, 0.4) is 0 Å². The van der Waals surface area contributed by atoms with Gasteiger partial charge in [0.2, 0.25) is 5.91 Å². The molecule has 4 nitrogen and oxygen atoms in total. The number of aryl methyl sites for hydroxylation is 2. The van der Waals surface area contributed by atoms with E-state index in [1.165, 1.54) is 4.90 Å². The molecule has 0 N–H and O–H groups in total. The number of likely N-dealkylation sites (N-methyl/N-ethyl adjacent to an activating group) is 1. The molecule has 3 aromatic rings. The van der Waals surface area contributed by atoms with Crippen LogP contribution < -0.4 is 0 Å². The fourth-order valence-corrected chi connectivity index (χ4v) is 2.48. The highest BCUT2D eigenvalue weighted by Crippen LogP contribution is 2.26. The van der Waals surface area contributed by atoms with Crippen molar-refractivity contribution in [2.24, 2.45) is 0 Å². The molecule has 2 aromatic heterocycles. The molecule has 0 spiro atoms. The molecule has 0 aliphatic heterocycles. The quantitative estimate of drug-likeness (QED) is 0.745. The number of rotatable bonds is 3. The van der Waals surface area contributed by atoms with Gasteiger partial charge in [0.25, 0.3) is 0 Å². The predicted molar refractivity (Wildman–Crippen MR) is 92.5 cm³/mol. The Labute approximate surface area is 137 Å². The zero-order valence-corrected chi connectivity index (χ0v) is 13.9. The summed E-state index contributed by atoms with van der Waals surface area (Å²) >= 11 is 0. The zero-order chi connectivity index (χ0) is 17.4. The first-order chi connectivity index (χ1) is 11.4. The van der Waals surface area contributed by atoms with Crippen molar-refractivity contribution in [1.82, 2.24) is 14.3 Å². The number of carbonyl (C=O) groups excluding carboxylic acids is 1. The third-order valence-electron chi connectivity index (χ3n) is 3.83. The monoisotopic (exact) mass is 308 g/mol. The molecule has 118 valence electrons. The van der Waals surface area contributed by atoms with E-state index in [0.717, 1.165) is 22.3 Å². The summed E-state index contributed by atoms with van der Waals surface area (Å²) in [6.07, 6.45) is 0.910. The maximum atomic E-state index is 12.4. The summed E-state index contributed by atoms with van der Waals surface area (Å²) in [6, 6.07) is 11.9. The van der Waals surface area contributed by atoms with Gasteiger partial charge in [-0.05, 0) is 25.5 Å². The van der Waals surface area contributed by atoms with Gasteiger partial charge < -0.3 is 9.30 Å². The zero-order valence-electron chi connectivity index (χ0n) is 14.9. The van der Waals surface area contributed by atoms with E-state index in [4.69, 9.17) is 1.37 Å². The third kappa shape index (κ3) is 2.97. The van der Waals surface area contributed by atoms with Gasteiger partial charge >= 0.3 is 0 Å². The van der Waals surface area contributed by atoms with Gasteiger partial charge in [-0.1, -0.05) is 35.9 Å². The van der Waals surface area contributed by atoms with Crippen molar-refractivity contribution in [2.75, 3.05) is 14.1 Å². The topological polar surface area (TPSA) is 37.6 Å². The second-order valence-electron chi connectivity index (χ2n) is 6.02. The van der Waals surface area contributed by atoms with E-state index < -0.39 is 6.40 Å². The van der Waals surface area contributed by atoms with Crippen molar-refractivity contribution < 1.29 is 6.17 Å². The molecule has 4 heteroatoms. The minimum absolute atomic E-state index is 0.258. The molecule has 0 bridgehead atoms. The van der Waals surface area contributed by atoms with Crippen LogP contribution in [0.2, 0.25) is 0 Å². The number of pyridine rings is 1. The number of benzene rings is 1. The van der Waals surface area contributed by atoms with Crippen LogP contribution in [0.4, 0.5) is 0 Å². The fraction of sp³-hybridized carbons (Fsp3) is 0.263. The molecule has 0 aliphatic rings. The Morgan fingerprint density at radius 1 is 1.13 bits per heavy atom. The van der Waals surface area contributed by atoms with E-state index in [1.807, 2.05) is 60.8 Å². The lowest BCUT2D eigenvalue weighted by molar-refractivity contribution is -0.128. The second-order valence-corrected chi connectivity index (χ2v) is 6.02. The van der Waals surface area contributed by atoms with Gasteiger partial charge in [0.05, 0.1) is 17.8 Å². The molecule has 0 saturated heterocycles. The molecule has 1 amide bonds. The Morgan fingerprint density at radius 2 is 1.78 bits per heavy atom. The second kappa shape index (κ2) is 5.88. The predicted octanol–water partition coefficient (Wildman–Crippen LogP) is 3.25. The van der Waals surface area contributed by atoms with Crippen LogP contribution in [0.25, 0.3) is 16.9 Å². The number of hydrogen-bond acceptors (Lipinski definition) is 2. The summed E-state index contributed by atoms with van der Waals surface area (Å²) in [6.45, 7) is 4.02. The largest absolute Gasteiger partial charge is 0.348 e. The van der Waals surface area contributed by atoms with Crippen molar-refractivity contribution >= 4 is 11.6 Å². The maximum Gasteiger partial charge on any atom is 0.228 e. The maximum absolute atomic E-state index is 12.4. The summed E-state index contributed by atoms with van der Waals surface area (Å²) in [4.78, 5) is 18.5. The van der Waals surface area contributed by atoms with Gasteiger partial charge in [0.1, 0.15) is 5.65 Å². The molecule has 23 heavy (non-hydrogen) atoms. The van der Waals surface area contributed by atoms with Crippen molar-refractivity contribution in [3.05, 3.63) is 59.4 Å². The van der Waals surface area contributed by atoms with Gasteiger partial charge in [-0.25, -0.2) is 4.98 Å². The van der Waals surface area contributed by atoms with Gasteiger partial charge in [-0.3, -0.25) is 4.79 Å². The van der Waals surface area contributed by atoms with Gasteiger partial charge in [0, 0.05) is 27.2 Å². The van der Waals surface area contributed by atoms with Crippen molar-refractivity contribution in [3.63, 3.8) is 0 Å². The minimum atomic E-state index is -1.02. The van der Waals surface area contributed by atoms with Gasteiger partial charge in [0.15, 0.2) is 0 Å². The van der Waals surface area contributed by atoms with Crippen molar-refractivity contribution in [1.29, 1.82) is 0 Å². The molecule has 0 saturated carbocycles. The summed E-state index contributed by atoms with van der Waals surface area (Å²) in [7, 11) is 3.34. The van der Waals surface area contributed by atoms with Crippen LogP contribution in [-0.2, 0) is 11.2 Å². The molecule has 0 fully saturated rings. The normalized spacial score (nSPS) is 13.0. The Kier molecular flexibility index (Phi) is 3.58. The summed E-state index contributed by atoms with van der Waals surface area (Å²) in [5.74, 6) is -0.258. The molecule has 0 aliphatic carbocycles. The summed E-state index contributed by atoms with van der Waals surface area (Å²) in [5, 5.41) is 0. The van der Waals surface area contributed by atoms with Gasteiger partial charge in [-0.15, -0.1) is 0 Å². The third-order valence-corrected chi connectivity index (χ3v) is 3.83. The number of nitrogens with zero attached hydrogens (tertiary/aromatic N) is 3. The average Bonchev–Trinajstić information content (AvgIpc) is 2.92. The Hall–Kier alpha value is -2.62. The lowest BCUT2D eigenvalue weighted by Crippen LogP contribution is -2.24. The number of amides is 1. The fourth-order valence-electron chi connectivity index (χ4n) is 2.48. The van der Waals surface area contributed by atoms with Crippen molar-refractivity contribution in [2.45, 2.75) is 20.2 Å². The Morgan fingerprint density at radius 3 is 2.43 bits per heavy atom. The molecule has 0 radical (unpaired) electrons. The van der Waals surface area contributed by atoms with Crippen molar-refractivity contribution in [3.8, 4) is 11.3 Å². The molecule has 1 aromatic carbocycles. The number of aromatic nitrogens is 2. The van der Waals surface area contributed by atoms with E-state index in [2.05, 4.69) is 4.98 Å². The number of fused-ring (bicyclic) bond motifs is 1. The van der Waals surface area contributed by atoms with Crippen LogP contribution in [0.1, 0.15) is 18.2 Å². The van der Waals surface area contributed by atoms with E-state index in [9.17, 15) is 4.79 Å².